The maximum atomic E-state index is 15.0. The summed E-state index contributed by atoms with van der Waals surface area (Å²) in [6.07, 6.45) is 6.97. The van der Waals surface area contributed by atoms with Gasteiger partial charge in [-0.1, -0.05) is 0 Å². The lowest BCUT2D eigenvalue weighted by atomic mass is 9.96. The molecular weight excluding hydrogens is 355 g/mol. The van der Waals surface area contributed by atoms with Gasteiger partial charge in [-0.2, -0.15) is 5.10 Å². The Morgan fingerprint density at radius 3 is 2.93 bits per heavy atom. The van der Waals surface area contributed by atoms with Crippen molar-refractivity contribution in [2.45, 2.75) is 44.8 Å². The number of alkyl halides is 1. The Labute approximate surface area is 164 Å². The van der Waals surface area contributed by atoms with Crippen LogP contribution in [0.15, 0.2) is 36.8 Å². The zero-order chi connectivity index (χ0) is 19.8. The molecule has 148 valence electrons. The van der Waals surface area contributed by atoms with E-state index in [-0.39, 0.29) is 12.1 Å². The van der Waals surface area contributed by atoms with Crippen molar-refractivity contribution in [3.05, 3.63) is 36.8 Å². The summed E-state index contributed by atoms with van der Waals surface area (Å²) in [5, 5.41) is 11.8. The standard InChI is InChI=1S/C21H27FN6/c1-20(2,3)28-12-15(11-26-28)17-10-18-16(6-4-9-24-18)19(27-17)25-14-21(22)7-5-8-23-13-21/h4,6,9-12,23H,5,7-8,13-14H2,1-3H3,(H,25,27)/t21-/m1/s1. The number of halogens is 1. The lowest BCUT2D eigenvalue weighted by Gasteiger charge is -2.30. The third-order valence-corrected chi connectivity index (χ3v) is 5.16. The van der Waals surface area contributed by atoms with Crippen molar-refractivity contribution in [3.8, 4) is 11.3 Å². The van der Waals surface area contributed by atoms with Crippen LogP contribution in [-0.2, 0) is 5.54 Å². The first-order valence-corrected chi connectivity index (χ1v) is 9.79. The first-order chi connectivity index (χ1) is 13.3. The van der Waals surface area contributed by atoms with Crippen molar-refractivity contribution in [2.75, 3.05) is 25.0 Å². The molecule has 3 aromatic rings. The Kier molecular flexibility index (Phi) is 4.79. The summed E-state index contributed by atoms with van der Waals surface area (Å²) >= 11 is 0. The first-order valence-electron chi connectivity index (χ1n) is 9.79. The highest BCUT2D eigenvalue weighted by Gasteiger charge is 2.31. The first kappa shape index (κ1) is 18.8. The normalized spacial score (nSPS) is 20.4. The zero-order valence-electron chi connectivity index (χ0n) is 16.7. The van der Waals surface area contributed by atoms with Crippen LogP contribution in [0.3, 0.4) is 0 Å². The fourth-order valence-electron chi connectivity index (χ4n) is 3.50. The van der Waals surface area contributed by atoms with Gasteiger partial charge in [0.2, 0.25) is 0 Å². The molecule has 0 radical (unpaired) electrons. The predicted molar refractivity (Wildman–Crippen MR) is 110 cm³/mol. The largest absolute Gasteiger partial charge is 0.366 e. The monoisotopic (exact) mass is 382 g/mol. The summed E-state index contributed by atoms with van der Waals surface area (Å²) in [4.78, 5) is 9.27. The number of rotatable bonds is 4. The van der Waals surface area contributed by atoms with Crippen LogP contribution in [0.25, 0.3) is 22.2 Å². The third-order valence-electron chi connectivity index (χ3n) is 5.16. The van der Waals surface area contributed by atoms with Crippen LogP contribution < -0.4 is 10.6 Å². The van der Waals surface area contributed by atoms with Crippen molar-refractivity contribution in [1.29, 1.82) is 0 Å². The quantitative estimate of drug-likeness (QED) is 0.719. The second-order valence-corrected chi connectivity index (χ2v) is 8.56. The third kappa shape index (κ3) is 3.85. The molecule has 3 aromatic heterocycles. The number of aromatic nitrogens is 4. The van der Waals surface area contributed by atoms with E-state index in [9.17, 15) is 0 Å². The highest BCUT2D eigenvalue weighted by Crippen LogP contribution is 2.29. The second kappa shape index (κ2) is 7.13. The van der Waals surface area contributed by atoms with Gasteiger partial charge in [0.15, 0.2) is 0 Å². The average molecular weight is 382 g/mol. The number of nitrogens with zero attached hydrogens (tertiary/aromatic N) is 4. The van der Waals surface area contributed by atoms with E-state index in [1.54, 1.807) is 6.20 Å². The van der Waals surface area contributed by atoms with Crippen molar-refractivity contribution in [2.24, 2.45) is 0 Å². The highest BCUT2D eigenvalue weighted by molar-refractivity contribution is 5.91. The van der Waals surface area contributed by atoms with E-state index in [4.69, 9.17) is 4.98 Å². The molecule has 28 heavy (non-hydrogen) atoms. The molecule has 1 saturated heterocycles. The van der Waals surface area contributed by atoms with Crippen LogP contribution in [0.5, 0.6) is 0 Å². The fourth-order valence-corrected chi connectivity index (χ4v) is 3.50. The molecule has 0 spiro atoms. The summed E-state index contributed by atoms with van der Waals surface area (Å²) in [5.41, 5.74) is 1.15. The van der Waals surface area contributed by atoms with E-state index in [1.165, 1.54) is 0 Å². The molecule has 0 aromatic carbocycles. The fraction of sp³-hybridized carbons (Fsp3) is 0.476. The highest BCUT2D eigenvalue weighted by atomic mass is 19.1. The smallest absolute Gasteiger partial charge is 0.140 e. The van der Waals surface area contributed by atoms with Gasteiger partial charge >= 0.3 is 0 Å². The van der Waals surface area contributed by atoms with Gasteiger partial charge in [-0.3, -0.25) is 9.67 Å². The van der Waals surface area contributed by atoms with E-state index in [2.05, 4.69) is 41.5 Å². The van der Waals surface area contributed by atoms with Crippen LogP contribution in [-0.4, -0.2) is 45.1 Å². The minimum Gasteiger partial charge on any atom is -0.366 e. The summed E-state index contributed by atoms with van der Waals surface area (Å²) < 4.78 is 17.0. The minimum absolute atomic E-state index is 0.108. The summed E-state index contributed by atoms with van der Waals surface area (Å²) in [6.45, 7) is 7.78. The van der Waals surface area contributed by atoms with Crippen molar-refractivity contribution in [3.63, 3.8) is 0 Å². The van der Waals surface area contributed by atoms with Crippen molar-refractivity contribution < 1.29 is 4.39 Å². The lowest BCUT2D eigenvalue weighted by molar-refractivity contribution is 0.137. The molecule has 6 nitrogen and oxygen atoms in total. The molecule has 2 N–H and O–H groups in total. The molecule has 0 saturated carbocycles. The molecule has 0 amide bonds. The number of nitrogens with one attached hydrogen (secondary N) is 2. The number of hydrogen-bond donors (Lipinski definition) is 2. The van der Waals surface area contributed by atoms with Crippen LogP contribution in [0.2, 0.25) is 0 Å². The van der Waals surface area contributed by atoms with Gasteiger partial charge in [0, 0.05) is 29.9 Å². The molecule has 7 heteroatoms. The molecule has 1 atom stereocenters. The van der Waals surface area contributed by atoms with Gasteiger partial charge in [-0.15, -0.1) is 0 Å². The molecular formula is C21H27FN6. The Balaban J connectivity index is 1.68. The number of fused-ring (bicyclic) bond motifs is 1. The molecule has 4 rings (SSSR count). The number of anilines is 1. The van der Waals surface area contributed by atoms with E-state index in [0.29, 0.717) is 18.8 Å². The van der Waals surface area contributed by atoms with Crippen LogP contribution >= 0.6 is 0 Å². The van der Waals surface area contributed by atoms with E-state index in [1.807, 2.05) is 35.3 Å². The van der Waals surface area contributed by atoms with Gasteiger partial charge in [-0.05, 0) is 58.4 Å². The molecule has 0 unspecified atom stereocenters. The molecule has 1 fully saturated rings. The molecule has 4 heterocycles. The van der Waals surface area contributed by atoms with Crippen LogP contribution in [0, 0.1) is 0 Å². The Morgan fingerprint density at radius 1 is 1.36 bits per heavy atom. The Morgan fingerprint density at radius 2 is 2.21 bits per heavy atom. The minimum atomic E-state index is -1.26. The second-order valence-electron chi connectivity index (χ2n) is 8.56. The van der Waals surface area contributed by atoms with Gasteiger partial charge in [-0.25, -0.2) is 9.37 Å². The molecule has 1 aliphatic heterocycles. The van der Waals surface area contributed by atoms with E-state index >= 15 is 4.39 Å². The maximum absolute atomic E-state index is 15.0. The van der Waals surface area contributed by atoms with Crippen molar-refractivity contribution in [1.82, 2.24) is 25.1 Å². The van der Waals surface area contributed by atoms with Gasteiger partial charge in [0.05, 0.1) is 29.5 Å². The van der Waals surface area contributed by atoms with Crippen LogP contribution in [0.4, 0.5) is 10.2 Å². The van der Waals surface area contributed by atoms with Gasteiger partial charge < -0.3 is 10.6 Å². The number of hydrogen-bond acceptors (Lipinski definition) is 5. The SMILES string of the molecule is CC(C)(C)n1cc(-c2cc3ncccc3c(NC[C@@]3(F)CCCNC3)n2)cn1. The summed E-state index contributed by atoms with van der Waals surface area (Å²) in [6, 6.07) is 5.79. The number of piperidine rings is 1. The Hall–Kier alpha value is -2.54. The zero-order valence-corrected chi connectivity index (χ0v) is 16.7. The topological polar surface area (TPSA) is 67.7 Å². The van der Waals surface area contributed by atoms with Crippen molar-refractivity contribution >= 4 is 16.7 Å². The Bertz CT molecular complexity index is 968. The average Bonchev–Trinajstić information content (AvgIpc) is 3.17. The number of pyridine rings is 2. The molecule has 0 aliphatic carbocycles. The predicted octanol–water partition coefficient (Wildman–Crippen LogP) is 3.75. The molecule has 0 bridgehead atoms. The maximum Gasteiger partial charge on any atom is 0.140 e. The van der Waals surface area contributed by atoms with E-state index in [0.717, 1.165) is 35.1 Å². The van der Waals surface area contributed by atoms with Crippen LogP contribution in [0.1, 0.15) is 33.6 Å². The molecule has 1 aliphatic rings. The van der Waals surface area contributed by atoms with Gasteiger partial charge in [0.25, 0.3) is 0 Å². The van der Waals surface area contributed by atoms with E-state index < -0.39 is 5.67 Å². The summed E-state index contributed by atoms with van der Waals surface area (Å²) in [7, 11) is 0. The summed E-state index contributed by atoms with van der Waals surface area (Å²) in [5.74, 6) is 0.659. The van der Waals surface area contributed by atoms with Gasteiger partial charge in [0.1, 0.15) is 11.5 Å². The lowest BCUT2D eigenvalue weighted by Crippen LogP contribution is -2.46.